The molecule has 3 rings (SSSR count). The molecule has 0 saturated heterocycles. The molecule has 17 heavy (non-hydrogen) atoms. The van der Waals surface area contributed by atoms with E-state index in [2.05, 4.69) is 42.5 Å². The van der Waals surface area contributed by atoms with E-state index in [0.29, 0.717) is 0 Å². The number of hydrogen-bond donors (Lipinski definition) is 0. The van der Waals surface area contributed by atoms with Gasteiger partial charge in [0.15, 0.2) is 0 Å². The molecule has 0 heterocycles. The molecule has 1 aliphatic rings. The highest BCUT2D eigenvalue weighted by Crippen LogP contribution is 2.49. The lowest BCUT2D eigenvalue weighted by atomic mass is 10.0. The zero-order chi connectivity index (χ0) is 11.7. The Morgan fingerprint density at radius 3 is 2.35 bits per heavy atom. The van der Waals surface area contributed by atoms with Gasteiger partial charge in [0.05, 0.1) is 0 Å². The van der Waals surface area contributed by atoms with Crippen LogP contribution in [0.1, 0.15) is 23.5 Å². The van der Waals surface area contributed by atoms with Crippen LogP contribution in [0.4, 0.5) is 0 Å². The Morgan fingerprint density at radius 2 is 1.65 bits per heavy atom. The molecule has 0 N–H and O–H groups in total. The summed E-state index contributed by atoms with van der Waals surface area (Å²) >= 11 is 5.90. The summed E-state index contributed by atoms with van der Waals surface area (Å²) < 4.78 is 0. The molecule has 1 aliphatic carbocycles. The third kappa shape index (κ3) is 2.53. The highest BCUT2D eigenvalue weighted by molar-refractivity contribution is 6.30. The van der Waals surface area contributed by atoms with E-state index in [1.165, 1.54) is 24.0 Å². The predicted octanol–water partition coefficient (Wildman–Crippen LogP) is 4.69. The first-order chi connectivity index (χ1) is 8.33. The van der Waals surface area contributed by atoms with Crippen molar-refractivity contribution < 1.29 is 0 Å². The van der Waals surface area contributed by atoms with Gasteiger partial charge >= 0.3 is 0 Å². The summed E-state index contributed by atoms with van der Waals surface area (Å²) in [6, 6.07) is 19.1. The summed E-state index contributed by atoms with van der Waals surface area (Å²) in [6.07, 6.45) is 2.52. The summed E-state index contributed by atoms with van der Waals surface area (Å²) in [6.45, 7) is 0. The van der Waals surface area contributed by atoms with Gasteiger partial charge in [0, 0.05) is 5.02 Å². The molecule has 1 saturated carbocycles. The molecule has 0 aliphatic heterocycles. The van der Waals surface area contributed by atoms with Crippen molar-refractivity contribution in [2.45, 2.75) is 18.8 Å². The van der Waals surface area contributed by atoms with E-state index in [4.69, 9.17) is 11.6 Å². The molecule has 1 fully saturated rings. The van der Waals surface area contributed by atoms with E-state index in [0.717, 1.165) is 16.9 Å². The first-order valence-corrected chi connectivity index (χ1v) is 6.50. The van der Waals surface area contributed by atoms with Gasteiger partial charge in [0.25, 0.3) is 0 Å². The van der Waals surface area contributed by atoms with Crippen molar-refractivity contribution in [3.05, 3.63) is 70.7 Å². The normalized spacial score (nSPS) is 22.4. The van der Waals surface area contributed by atoms with E-state index in [1.807, 2.05) is 12.1 Å². The fourth-order valence-corrected chi connectivity index (χ4v) is 2.63. The molecule has 2 atom stereocenters. The van der Waals surface area contributed by atoms with Gasteiger partial charge < -0.3 is 0 Å². The van der Waals surface area contributed by atoms with Gasteiger partial charge in [-0.15, -0.1) is 0 Å². The molecule has 0 aromatic heterocycles. The van der Waals surface area contributed by atoms with E-state index in [1.54, 1.807) is 0 Å². The number of halogens is 1. The van der Waals surface area contributed by atoms with Crippen molar-refractivity contribution in [1.82, 2.24) is 0 Å². The van der Waals surface area contributed by atoms with Crippen LogP contribution in [0.25, 0.3) is 0 Å². The SMILES string of the molecule is Clc1ccc(C2CC2Cc2ccccc2)cc1. The summed E-state index contributed by atoms with van der Waals surface area (Å²) in [7, 11) is 0. The first-order valence-electron chi connectivity index (χ1n) is 6.12. The molecule has 2 aromatic carbocycles. The summed E-state index contributed by atoms with van der Waals surface area (Å²) in [5.41, 5.74) is 2.89. The minimum absolute atomic E-state index is 0.743. The maximum Gasteiger partial charge on any atom is 0.0406 e. The smallest absolute Gasteiger partial charge is 0.0406 e. The van der Waals surface area contributed by atoms with Gasteiger partial charge in [-0.25, -0.2) is 0 Å². The Kier molecular flexibility index (Phi) is 2.90. The van der Waals surface area contributed by atoms with Crippen LogP contribution in [-0.2, 0) is 6.42 Å². The average molecular weight is 243 g/mol. The zero-order valence-corrected chi connectivity index (χ0v) is 10.4. The van der Waals surface area contributed by atoms with Gasteiger partial charge in [-0.2, -0.15) is 0 Å². The number of hydrogen-bond acceptors (Lipinski definition) is 0. The van der Waals surface area contributed by atoms with Crippen molar-refractivity contribution in [2.75, 3.05) is 0 Å². The minimum atomic E-state index is 0.743. The molecule has 86 valence electrons. The van der Waals surface area contributed by atoms with Crippen LogP contribution in [0.5, 0.6) is 0 Å². The van der Waals surface area contributed by atoms with Crippen LogP contribution >= 0.6 is 11.6 Å². The van der Waals surface area contributed by atoms with Crippen LogP contribution < -0.4 is 0 Å². The van der Waals surface area contributed by atoms with Crippen molar-refractivity contribution in [3.63, 3.8) is 0 Å². The Hall–Kier alpha value is -1.27. The molecule has 2 unspecified atom stereocenters. The fourth-order valence-electron chi connectivity index (χ4n) is 2.51. The van der Waals surface area contributed by atoms with Crippen molar-refractivity contribution in [3.8, 4) is 0 Å². The molecule has 0 spiro atoms. The molecular formula is C16H15Cl. The summed E-state index contributed by atoms with van der Waals surface area (Å²) in [4.78, 5) is 0. The van der Waals surface area contributed by atoms with Crippen LogP contribution in [0, 0.1) is 5.92 Å². The lowest BCUT2D eigenvalue weighted by molar-refractivity contribution is 0.795. The Labute approximate surface area is 107 Å². The van der Waals surface area contributed by atoms with Crippen LogP contribution in [0.3, 0.4) is 0 Å². The van der Waals surface area contributed by atoms with E-state index < -0.39 is 0 Å². The van der Waals surface area contributed by atoms with E-state index >= 15 is 0 Å². The van der Waals surface area contributed by atoms with E-state index in [9.17, 15) is 0 Å². The highest BCUT2D eigenvalue weighted by atomic mass is 35.5. The summed E-state index contributed by atoms with van der Waals surface area (Å²) in [5.74, 6) is 1.56. The molecule has 2 aromatic rings. The average Bonchev–Trinajstić information content (AvgIpc) is 3.11. The van der Waals surface area contributed by atoms with Crippen molar-refractivity contribution in [1.29, 1.82) is 0 Å². The molecule has 0 bridgehead atoms. The van der Waals surface area contributed by atoms with Gasteiger partial charge in [-0.3, -0.25) is 0 Å². The van der Waals surface area contributed by atoms with Crippen LogP contribution in [-0.4, -0.2) is 0 Å². The van der Waals surface area contributed by atoms with Gasteiger partial charge in [0.1, 0.15) is 0 Å². The quantitative estimate of drug-likeness (QED) is 0.733. The maximum atomic E-state index is 5.90. The standard InChI is InChI=1S/C16H15Cl/c17-15-8-6-13(7-9-15)16-11-14(16)10-12-4-2-1-3-5-12/h1-9,14,16H,10-11H2. The van der Waals surface area contributed by atoms with Crippen molar-refractivity contribution >= 4 is 11.6 Å². The van der Waals surface area contributed by atoms with Gasteiger partial charge in [-0.1, -0.05) is 54.1 Å². The second-order valence-corrected chi connectivity index (χ2v) is 5.28. The molecule has 1 heteroatoms. The van der Waals surface area contributed by atoms with Crippen LogP contribution in [0.2, 0.25) is 5.02 Å². The monoisotopic (exact) mass is 242 g/mol. The zero-order valence-electron chi connectivity index (χ0n) is 9.64. The number of rotatable bonds is 3. The Balaban J connectivity index is 1.65. The Bertz CT molecular complexity index is 487. The highest BCUT2D eigenvalue weighted by Gasteiger charge is 2.37. The third-order valence-corrected chi connectivity index (χ3v) is 3.81. The lowest BCUT2D eigenvalue weighted by Gasteiger charge is -2.01. The molecule has 0 amide bonds. The Morgan fingerprint density at radius 1 is 0.941 bits per heavy atom. The topological polar surface area (TPSA) is 0 Å². The summed E-state index contributed by atoms with van der Waals surface area (Å²) in [5, 5.41) is 0.828. The first kappa shape index (κ1) is 10.9. The lowest BCUT2D eigenvalue weighted by Crippen LogP contribution is -1.89. The van der Waals surface area contributed by atoms with Crippen molar-refractivity contribution in [2.24, 2.45) is 5.92 Å². The maximum absolute atomic E-state index is 5.90. The largest absolute Gasteiger partial charge is 0.0843 e. The predicted molar refractivity (Wildman–Crippen MR) is 72.4 cm³/mol. The second-order valence-electron chi connectivity index (χ2n) is 4.84. The number of benzene rings is 2. The molecular weight excluding hydrogens is 228 g/mol. The minimum Gasteiger partial charge on any atom is -0.0843 e. The van der Waals surface area contributed by atoms with Gasteiger partial charge in [0.2, 0.25) is 0 Å². The van der Waals surface area contributed by atoms with Crippen LogP contribution in [0.15, 0.2) is 54.6 Å². The van der Waals surface area contributed by atoms with E-state index in [-0.39, 0.29) is 0 Å². The molecule has 0 radical (unpaired) electrons. The third-order valence-electron chi connectivity index (χ3n) is 3.56. The second kappa shape index (κ2) is 4.54. The van der Waals surface area contributed by atoms with Gasteiger partial charge in [-0.05, 0) is 47.9 Å². The fraction of sp³-hybridized carbons (Fsp3) is 0.250. The molecule has 0 nitrogen and oxygen atoms in total.